The average Bonchev–Trinajstić information content (AvgIpc) is 3.08. The zero-order valence-corrected chi connectivity index (χ0v) is 15.1. The lowest BCUT2D eigenvalue weighted by Gasteiger charge is -2.14. The molecule has 6 nitrogen and oxygen atoms in total. The summed E-state index contributed by atoms with van der Waals surface area (Å²) in [5, 5.41) is 30.1. The molecule has 0 saturated heterocycles. The van der Waals surface area contributed by atoms with E-state index in [2.05, 4.69) is 11.7 Å². The monoisotopic (exact) mass is 354 g/mol. The van der Waals surface area contributed by atoms with Crippen LogP contribution in [-0.4, -0.2) is 40.6 Å². The lowest BCUT2D eigenvalue weighted by Crippen LogP contribution is -2.23. The predicted molar refractivity (Wildman–Crippen MR) is 94.7 cm³/mol. The van der Waals surface area contributed by atoms with Crippen LogP contribution in [0.15, 0.2) is 22.8 Å². The van der Waals surface area contributed by atoms with Gasteiger partial charge in [-0.3, -0.25) is 4.79 Å². The summed E-state index contributed by atoms with van der Waals surface area (Å²) in [5.41, 5.74) is 0.685. The summed E-state index contributed by atoms with van der Waals surface area (Å²) in [6, 6.07) is 1.71. The number of carbonyl (C=O) groups is 1. The fraction of sp³-hybridized carbons (Fsp3) is 0.632. The number of hydrogen-bond acceptors (Lipinski definition) is 6. The molecule has 1 aromatic heterocycles. The van der Waals surface area contributed by atoms with E-state index in [1.165, 1.54) is 19.4 Å². The van der Waals surface area contributed by atoms with Gasteiger partial charge in [0.15, 0.2) is 0 Å². The summed E-state index contributed by atoms with van der Waals surface area (Å²) in [5.74, 6) is 0.136. The SMILES string of the molecule is CCCCCC(O)c1occc1/C=C/C(O)C(O)CCCC(=O)OC. The second-order valence-corrected chi connectivity index (χ2v) is 6.14. The van der Waals surface area contributed by atoms with Gasteiger partial charge in [0.05, 0.1) is 25.6 Å². The molecular weight excluding hydrogens is 324 g/mol. The highest BCUT2D eigenvalue weighted by atomic mass is 16.5. The average molecular weight is 354 g/mol. The molecule has 0 aliphatic carbocycles. The Morgan fingerprint density at radius 2 is 2.00 bits per heavy atom. The first kappa shape index (κ1) is 21.4. The van der Waals surface area contributed by atoms with E-state index < -0.39 is 18.3 Å². The molecule has 1 aromatic rings. The van der Waals surface area contributed by atoms with E-state index in [1.807, 2.05) is 0 Å². The van der Waals surface area contributed by atoms with E-state index in [0.717, 1.165) is 19.3 Å². The van der Waals surface area contributed by atoms with Crippen molar-refractivity contribution in [3.63, 3.8) is 0 Å². The Morgan fingerprint density at radius 3 is 2.68 bits per heavy atom. The molecule has 6 heteroatoms. The molecular formula is C19H30O6. The maximum absolute atomic E-state index is 11.0. The van der Waals surface area contributed by atoms with Crippen molar-refractivity contribution < 1.29 is 29.3 Å². The normalized spacial score (nSPS) is 15.2. The van der Waals surface area contributed by atoms with Crippen molar-refractivity contribution in [1.82, 2.24) is 0 Å². The number of unbranched alkanes of at least 4 members (excludes halogenated alkanes) is 2. The molecule has 3 atom stereocenters. The Kier molecular flexibility index (Phi) is 10.1. The van der Waals surface area contributed by atoms with Crippen LogP contribution in [0.25, 0.3) is 6.08 Å². The molecule has 0 radical (unpaired) electrons. The van der Waals surface area contributed by atoms with Gasteiger partial charge in [0, 0.05) is 12.0 Å². The minimum atomic E-state index is -1.06. The van der Waals surface area contributed by atoms with E-state index in [9.17, 15) is 20.1 Å². The number of furan rings is 1. The Balaban J connectivity index is 2.51. The van der Waals surface area contributed by atoms with Crippen LogP contribution in [0.3, 0.4) is 0 Å². The lowest BCUT2D eigenvalue weighted by molar-refractivity contribution is -0.140. The zero-order chi connectivity index (χ0) is 18.7. The van der Waals surface area contributed by atoms with Crippen LogP contribution in [0.2, 0.25) is 0 Å². The molecule has 3 N–H and O–H groups in total. The summed E-state index contributed by atoms with van der Waals surface area (Å²) < 4.78 is 9.89. The van der Waals surface area contributed by atoms with Crippen molar-refractivity contribution >= 4 is 12.0 Å². The van der Waals surface area contributed by atoms with Crippen LogP contribution in [0.4, 0.5) is 0 Å². The molecule has 0 aliphatic heterocycles. The number of aliphatic hydroxyl groups excluding tert-OH is 3. The van der Waals surface area contributed by atoms with E-state index in [-0.39, 0.29) is 12.4 Å². The molecule has 0 saturated carbocycles. The van der Waals surface area contributed by atoms with Crippen LogP contribution in [-0.2, 0) is 9.53 Å². The number of esters is 1. The minimum Gasteiger partial charge on any atom is -0.469 e. The smallest absolute Gasteiger partial charge is 0.305 e. The molecule has 142 valence electrons. The summed E-state index contributed by atoms with van der Waals surface area (Å²) in [6.45, 7) is 2.10. The van der Waals surface area contributed by atoms with Crippen molar-refractivity contribution in [1.29, 1.82) is 0 Å². The Labute approximate surface area is 149 Å². The van der Waals surface area contributed by atoms with Crippen molar-refractivity contribution in [3.8, 4) is 0 Å². The van der Waals surface area contributed by atoms with Crippen molar-refractivity contribution in [2.75, 3.05) is 7.11 Å². The quantitative estimate of drug-likeness (QED) is 0.394. The standard InChI is InChI=1S/C19H30O6/c1-3-4-5-7-17(22)19-14(12-13-25-19)10-11-16(21)15(20)8-6-9-18(23)24-2/h10-13,15-17,20-22H,3-9H2,1-2H3/b11-10+. The Morgan fingerprint density at radius 1 is 1.24 bits per heavy atom. The first-order valence-corrected chi connectivity index (χ1v) is 8.86. The molecule has 0 spiro atoms. The van der Waals surface area contributed by atoms with Crippen LogP contribution >= 0.6 is 0 Å². The van der Waals surface area contributed by atoms with E-state index in [0.29, 0.717) is 30.6 Å². The van der Waals surface area contributed by atoms with Crippen molar-refractivity contribution in [3.05, 3.63) is 29.7 Å². The molecule has 25 heavy (non-hydrogen) atoms. The largest absolute Gasteiger partial charge is 0.469 e. The Bertz CT molecular complexity index is 522. The lowest BCUT2D eigenvalue weighted by atomic mass is 10.0. The third-order valence-corrected chi connectivity index (χ3v) is 4.09. The second kappa shape index (κ2) is 11.8. The van der Waals surface area contributed by atoms with Crippen molar-refractivity contribution in [2.24, 2.45) is 0 Å². The third kappa shape index (κ3) is 7.86. The van der Waals surface area contributed by atoms with Gasteiger partial charge >= 0.3 is 5.97 Å². The molecule has 3 unspecified atom stereocenters. The first-order chi connectivity index (χ1) is 12.0. The van der Waals surface area contributed by atoms with Gasteiger partial charge in [0.1, 0.15) is 11.9 Å². The number of rotatable bonds is 12. The van der Waals surface area contributed by atoms with Gasteiger partial charge in [0.2, 0.25) is 0 Å². The molecule has 1 rings (SSSR count). The van der Waals surface area contributed by atoms with Crippen LogP contribution in [0.5, 0.6) is 0 Å². The first-order valence-electron chi connectivity index (χ1n) is 8.86. The fourth-order valence-electron chi connectivity index (χ4n) is 2.52. The number of carbonyl (C=O) groups excluding carboxylic acids is 1. The number of methoxy groups -OCH3 is 1. The van der Waals surface area contributed by atoms with Gasteiger partial charge < -0.3 is 24.5 Å². The van der Waals surface area contributed by atoms with Gasteiger partial charge in [-0.25, -0.2) is 0 Å². The molecule has 0 bridgehead atoms. The number of aliphatic hydroxyl groups is 3. The topological polar surface area (TPSA) is 100 Å². The fourth-order valence-corrected chi connectivity index (χ4v) is 2.52. The van der Waals surface area contributed by atoms with Crippen LogP contribution < -0.4 is 0 Å². The highest BCUT2D eigenvalue weighted by Gasteiger charge is 2.17. The Hall–Kier alpha value is -1.63. The molecule has 0 fully saturated rings. The third-order valence-electron chi connectivity index (χ3n) is 4.09. The highest BCUT2D eigenvalue weighted by Crippen LogP contribution is 2.25. The van der Waals surface area contributed by atoms with E-state index in [1.54, 1.807) is 12.1 Å². The number of ether oxygens (including phenoxy) is 1. The van der Waals surface area contributed by atoms with Gasteiger partial charge in [-0.1, -0.05) is 38.3 Å². The minimum absolute atomic E-state index is 0.208. The zero-order valence-electron chi connectivity index (χ0n) is 15.1. The van der Waals surface area contributed by atoms with Crippen molar-refractivity contribution in [2.45, 2.75) is 70.2 Å². The van der Waals surface area contributed by atoms with Gasteiger partial charge in [-0.05, 0) is 25.3 Å². The van der Waals surface area contributed by atoms with Gasteiger partial charge in [-0.2, -0.15) is 0 Å². The summed E-state index contributed by atoms with van der Waals surface area (Å²) in [6.07, 6.45) is 6.51. The van der Waals surface area contributed by atoms with Crippen LogP contribution in [0, 0.1) is 0 Å². The van der Waals surface area contributed by atoms with Gasteiger partial charge in [0.25, 0.3) is 0 Å². The summed E-state index contributed by atoms with van der Waals surface area (Å²) >= 11 is 0. The number of hydrogen-bond donors (Lipinski definition) is 3. The predicted octanol–water partition coefficient (Wildman–Crippen LogP) is 2.97. The summed E-state index contributed by atoms with van der Waals surface area (Å²) in [7, 11) is 1.32. The van der Waals surface area contributed by atoms with E-state index in [4.69, 9.17) is 4.42 Å². The maximum Gasteiger partial charge on any atom is 0.305 e. The molecule has 0 aliphatic rings. The van der Waals surface area contributed by atoms with Gasteiger partial charge in [-0.15, -0.1) is 0 Å². The second-order valence-electron chi connectivity index (χ2n) is 6.14. The molecule has 0 amide bonds. The molecule has 1 heterocycles. The highest BCUT2D eigenvalue weighted by molar-refractivity contribution is 5.69. The summed E-state index contributed by atoms with van der Waals surface area (Å²) in [4.78, 5) is 11.0. The van der Waals surface area contributed by atoms with E-state index >= 15 is 0 Å². The maximum atomic E-state index is 11.0. The molecule has 0 aromatic carbocycles. The van der Waals surface area contributed by atoms with Crippen LogP contribution in [0.1, 0.15) is 69.3 Å².